The van der Waals surface area contributed by atoms with Crippen LogP contribution in [0.4, 0.5) is 6.01 Å². The van der Waals surface area contributed by atoms with Gasteiger partial charge in [0.05, 0.1) is 0 Å². The number of aromatic carboxylic acids is 1. The van der Waals surface area contributed by atoms with Crippen molar-refractivity contribution in [1.82, 2.24) is 4.98 Å². The second kappa shape index (κ2) is 4.45. The maximum atomic E-state index is 10.4. The molecule has 0 aliphatic heterocycles. The predicted molar refractivity (Wildman–Crippen MR) is 51.4 cm³/mol. The van der Waals surface area contributed by atoms with Crippen molar-refractivity contribution in [2.45, 2.75) is 13.8 Å². The number of carboxylic acids is 1. The van der Waals surface area contributed by atoms with Crippen LogP contribution in [0.15, 0.2) is 22.3 Å². The number of rotatable bonds is 4. The van der Waals surface area contributed by atoms with Gasteiger partial charge in [0.2, 0.25) is 0 Å². The van der Waals surface area contributed by atoms with Gasteiger partial charge in [-0.05, 0) is 13.8 Å². The molecule has 0 aromatic carbocycles. The van der Waals surface area contributed by atoms with E-state index in [1.165, 1.54) is 5.57 Å². The molecule has 5 nitrogen and oxygen atoms in total. The molecule has 0 aliphatic rings. The number of allylic oxidation sites excluding steroid dienone is 1. The third-order valence-electron chi connectivity index (χ3n) is 1.49. The molecular weight excluding hydrogens is 184 g/mol. The van der Waals surface area contributed by atoms with E-state index in [0.29, 0.717) is 6.54 Å². The molecule has 0 radical (unpaired) electrons. The summed E-state index contributed by atoms with van der Waals surface area (Å²) in [5.41, 5.74) is 1.08. The summed E-state index contributed by atoms with van der Waals surface area (Å²) in [5, 5.41) is 11.4. The van der Waals surface area contributed by atoms with Gasteiger partial charge in [-0.2, -0.15) is 4.98 Å². The summed E-state index contributed by atoms with van der Waals surface area (Å²) in [6.07, 6.45) is 3.05. The maximum absolute atomic E-state index is 10.4. The number of hydrogen-bond acceptors (Lipinski definition) is 4. The van der Waals surface area contributed by atoms with E-state index in [2.05, 4.69) is 10.3 Å². The van der Waals surface area contributed by atoms with E-state index in [1.54, 1.807) is 0 Å². The molecule has 0 fully saturated rings. The molecule has 1 rings (SSSR count). The van der Waals surface area contributed by atoms with E-state index in [4.69, 9.17) is 9.52 Å². The Morgan fingerprint density at radius 3 is 2.93 bits per heavy atom. The Kier molecular flexibility index (Phi) is 3.28. The Hall–Kier alpha value is -1.78. The normalized spacial score (nSPS) is 9.57. The van der Waals surface area contributed by atoms with Crippen molar-refractivity contribution >= 4 is 12.0 Å². The van der Waals surface area contributed by atoms with Gasteiger partial charge < -0.3 is 14.8 Å². The fourth-order valence-electron chi connectivity index (χ4n) is 0.796. The monoisotopic (exact) mass is 196 g/mol. The Balaban J connectivity index is 2.52. The summed E-state index contributed by atoms with van der Waals surface area (Å²) < 4.78 is 4.88. The molecule has 0 saturated carbocycles. The van der Waals surface area contributed by atoms with Gasteiger partial charge in [0.15, 0.2) is 5.69 Å². The zero-order valence-electron chi connectivity index (χ0n) is 8.07. The Morgan fingerprint density at radius 2 is 2.43 bits per heavy atom. The number of aromatic nitrogens is 1. The number of oxazole rings is 1. The SMILES string of the molecule is CC(C)=CCNc1nc(C(=O)O)co1. The minimum absolute atomic E-state index is 0.0929. The molecule has 0 amide bonds. The molecule has 0 spiro atoms. The highest BCUT2D eigenvalue weighted by Crippen LogP contribution is 2.06. The topological polar surface area (TPSA) is 75.4 Å². The number of nitrogens with zero attached hydrogens (tertiary/aromatic N) is 1. The molecule has 0 atom stereocenters. The van der Waals surface area contributed by atoms with Gasteiger partial charge >= 0.3 is 5.97 Å². The molecule has 1 heterocycles. The molecule has 0 unspecified atom stereocenters. The molecule has 14 heavy (non-hydrogen) atoms. The molecule has 0 saturated heterocycles. The highest BCUT2D eigenvalue weighted by molar-refractivity contribution is 5.85. The van der Waals surface area contributed by atoms with Crippen LogP contribution in [-0.4, -0.2) is 22.6 Å². The van der Waals surface area contributed by atoms with Crippen molar-refractivity contribution in [3.05, 3.63) is 23.6 Å². The first-order chi connectivity index (χ1) is 6.59. The van der Waals surface area contributed by atoms with E-state index in [9.17, 15) is 4.79 Å². The summed E-state index contributed by atoms with van der Waals surface area (Å²) in [4.78, 5) is 14.1. The van der Waals surface area contributed by atoms with Crippen molar-refractivity contribution in [3.63, 3.8) is 0 Å². The maximum Gasteiger partial charge on any atom is 0.357 e. The van der Waals surface area contributed by atoms with Crippen LogP contribution in [0.1, 0.15) is 24.3 Å². The van der Waals surface area contributed by atoms with Crippen LogP contribution in [0.5, 0.6) is 0 Å². The quantitative estimate of drug-likeness (QED) is 0.717. The van der Waals surface area contributed by atoms with E-state index < -0.39 is 5.97 Å². The third-order valence-corrected chi connectivity index (χ3v) is 1.49. The minimum Gasteiger partial charge on any atom is -0.476 e. The second-order valence-corrected chi connectivity index (χ2v) is 3.01. The van der Waals surface area contributed by atoms with Gasteiger partial charge in [-0.25, -0.2) is 4.79 Å². The van der Waals surface area contributed by atoms with Crippen LogP contribution < -0.4 is 5.32 Å². The number of carbonyl (C=O) groups is 1. The lowest BCUT2D eigenvalue weighted by atomic mass is 10.3. The van der Waals surface area contributed by atoms with E-state index in [0.717, 1.165) is 6.26 Å². The highest BCUT2D eigenvalue weighted by Gasteiger charge is 2.08. The number of anilines is 1. The molecular formula is C9H12N2O3. The van der Waals surface area contributed by atoms with Crippen molar-refractivity contribution in [3.8, 4) is 0 Å². The van der Waals surface area contributed by atoms with Crippen LogP contribution in [0.3, 0.4) is 0 Å². The molecule has 5 heteroatoms. The molecule has 2 N–H and O–H groups in total. The number of hydrogen-bond donors (Lipinski definition) is 2. The number of carboxylic acid groups (broad SMARTS) is 1. The fourth-order valence-corrected chi connectivity index (χ4v) is 0.796. The molecule has 1 aromatic rings. The minimum atomic E-state index is -1.09. The van der Waals surface area contributed by atoms with Crippen LogP contribution in [0, 0.1) is 0 Å². The Morgan fingerprint density at radius 1 is 1.71 bits per heavy atom. The highest BCUT2D eigenvalue weighted by atomic mass is 16.4. The van der Waals surface area contributed by atoms with Crippen LogP contribution in [0.25, 0.3) is 0 Å². The molecule has 1 aromatic heterocycles. The van der Waals surface area contributed by atoms with Gasteiger partial charge in [-0.3, -0.25) is 0 Å². The van der Waals surface area contributed by atoms with Crippen LogP contribution in [-0.2, 0) is 0 Å². The molecule has 0 aliphatic carbocycles. The lowest BCUT2D eigenvalue weighted by Gasteiger charge is -1.95. The lowest BCUT2D eigenvalue weighted by molar-refractivity contribution is 0.0690. The average Bonchev–Trinajstić information content (AvgIpc) is 2.52. The summed E-state index contributed by atoms with van der Waals surface area (Å²) in [7, 11) is 0. The lowest BCUT2D eigenvalue weighted by Crippen LogP contribution is -2.01. The third kappa shape index (κ3) is 2.93. The molecule has 76 valence electrons. The van der Waals surface area contributed by atoms with Crippen molar-refractivity contribution in [2.24, 2.45) is 0 Å². The van der Waals surface area contributed by atoms with Gasteiger partial charge in [-0.1, -0.05) is 11.6 Å². The summed E-state index contributed by atoms with van der Waals surface area (Å²) >= 11 is 0. The van der Waals surface area contributed by atoms with Gasteiger partial charge in [0.25, 0.3) is 6.01 Å². The predicted octanol–water partition coefficient (Wildman–Crippen LogP) is 1.75. The Bertz CT molecular complexity index is 351. The largest absolute Gasteiger partial charge is 0.476 e. The van der Waals surface area contributed by atoms with Crippen molar-refractivity contribution in [2.75, 3.05) is 11.9 Å². The second-order valence-electron chi connectivity index (χ2n) is 3.01. The summed E-state index contributed by atoms with van der Waals surface area (Å²) in [6, 6.07) is 0.222. The number of nitrogens with one attached hydrogen (secondary N) is 1. The van der Waals surface area contributed by atoms with Crippen LogP contribution in [0.2, 0.25) is 0 Å². The van der Waals surface area contributed by atoms with E-state index >= 15 is 0 Å². The van der Waals surface area contributed by atoms with E-state index in [1.807, 2.05) is 19.9 Å². The first-order valence-corrected chi connectivity index (χ1v) is 4.15. The van der Waals surface area contributed by atoms with E-state index in [-0.39, 0.29) is 11.7 Å². The van der Waals surface area contributed by atoms with Gasteiger partial charge in [-0.15, -0.1) is 0 Å². The standard InChI is InChI=1S/C9H12N2O3/c1-6(2)3-4-10-9-11-7(5-14-9)8(12)13/h3,5H,4H2,1-2H3,(H,10,11)(H,12,13). The summed E-state index contributed by atoms with van der Waals surface area (Å²) in [6.45, 7) is 4.52. The van der Waals surface area contributed by atoms with Gasteiger partial charge in [0.1, 0.15) is 6.26 Å². The summed E-state index contributed by atoms with van der Waals surface area (Å²) in [5.74, 6) is -1.09. The first kappa shape index (κ1) is 10.3. The smallest absolute Gasteiger partial charge is 0.357 e. The zero-order valence-corrected chi connectivity index (χ0v) is 8.07. The van der Waals surface area contributed by atoms with Crippen molar-refractivity contribution in [1.29, 1.82) is 0 Å². The molecule has 0 bridgehead atoms. The fraction of sp³-hybridized carbons (Fsp3) is 0.333. The van der Waals surface area contributed by atoms with Crippen molar-refractivity contribution < 1.29 is 14.3 Å². The van der Waals surface area contributed by atoms with Gasteiger partial charge in [0, 0.05) is 6.54 Å². The first-order valence-electron chi connectivity index (χ1n) is 4.15. The van der Waals surface area contributed by atoms with Crippen LogP contribution >= 0.6 is 0 Å². The Labute approximate surface area is 81.5 Å². The average molecular weight is 196 g/mol. The zero-order chi connectivity index (χ0) is 10.6.